The fraction of sp³-hybridized carbons (Fsp3) is 0.604. The standard InChI is InChI=1S/C53H73N9O11/c1-5-32(4)44-53(73)62-26-12-18-43(62)52(72)61-25-11-16-41(61)47(67)55-37(28-33-13-7-6-8-14-33)45(65)54-36(29-34-19-21-35(64)22-20-34)46(66)57-39(30-63)51(71)60-24-9-15-40(60)48(68)56-38(27-31(2)3)50(70)59-23-10-17-42(59)49(69)58-44/h6-8,13-14,19-22,31-32,36-44,63-64H,5,9-12,15-18,23-30H2,1-4H3,(H,54,65)(H,55,67)(H,56,68)(H,57,66)(H,58,69)/t32-,36+,37+,38+,39-,40-,41-,42-,43-,44-/m0/s1. The smallest absolute Gasteiger partial charge is 0.248 e. The van der Waals surface area contributed by atoms with E-state index in [1.165, 1.54) is 31.7 Å². The molecule has 9 amide bonds. The number of nitrogens with one attached hydrogen (secondary N) is 5. The molecule has 0 aliphatic carbocycles. The number of carbonyl (C=O) groups is 9. The number of phenols is 1. The van der Waals surface area contributed by atoms with Gasteiger partial charge in [0, 0.05) is 39.0 Å². The molecule has 73 heavy (non-hydrogen) atoms. The van der Waals surface area contributed by atoms with Crippen molar-refractivity contribution < 1.29 is 53.4 Å². The Labute approximate surface area is 426 Å². The van der Waals surface area contributed by atoms with Gasteiger partial charge in [0.2, 0.25) is 53.2 Å². The second kappa shape index (κ2) is 24.4. The summed E-state index contributed by atoms with van der Waals surface area (Å²) < 4.78 is 0. The van der Waals surface area contributed by atoms with Crippen LogP contribution < -0.4 is 26.6 Å². The van der Waals surface area contributed by atoms with Crippen LogP contribution in [0.4, 0.5) is 0 Å². The zero-order valence-corrected chi connectivity index (χ0v) is 42.4. The van der Waals surface area contributed by atoms with Gasteiger partial charge in [0.1, 0.15) is 60.1 Å². The molecule has 5 aliphatic heterocycles. The lowest BCUT2D eigenvalue weighted by Crippen LogP contribution is -2.61. The van der Waals surface area contributed by atoms with Crippen molar-refractivity contribution in [3.8, 4) is 5.75 Å². The largest absolute Gasteiger partial charge is 0.508 e. The first-order chi connectivity index (χ1) is 35.0. The zero-order valence-electron chi connectivity index (χ0n) is 42.4. The molecule has 20 nitrogen and oxygen atoms in total. The Hall–Kier alpha value is -6.57. The van der Waals surface area contributed by atoms with Gasteiger partial charge < -0.3 is 56.4 Å². The molecule has 0 spiro atoms. The molecule has 2 aromatic carbocycles. The van der Waals surface area contributed by atoms with Crippen molar-refractivity contribution in [2.24, 2.45) is 11.8 Å². The number of phenolic OH excluding ortho intramolecular Hbond substituents is 1. The molecule has 0 unspecified atom stereocenters. The minimum absolute atomic E-state index is 0.0152. The second-order valence-corrected chi connectivity index (χ2v) is 20.7. The quantitative estimate of drug-likeness (QED) is 0.184. The number of hydrogen-bond acceptors (Lipinski definition) is 11. The fourth-order valence-corrected chi connectivity index (χ4v) is 11.0. The molecule has 7 rings (SSSR count). The Morgan fingerprint density at radius 1 is 0.493 bits per heavy atom. The summed E-state index contributed by atoms with van der Waals surface area (Å²) >= 11 is 0. The number of fused-ring (bicyclic) bond motifs is 4. The van der Waals surface area contributed by atoms with Crippen LogP contribution in [0.15, 0.2) is 54.6 Å². The molecule has 5 fully saturated rings. The van der Waals surface area contributed by atoms with Gasteiger partial charge in [0.25, 0.3) is 0 Å². The number of carbonyl (C=O) groups excluding carboxylic acids is 9. The summed E-state index contributed by atoms with van der Waals surface area (Å²) in [6, 6.07) is 4.52. The third kappa shape index (κ3) is 12.8. The van der Waals surface area contributed by atoms with Crippen LogP contribution in [0.25, 0.3) is 0 Å². The number of aliphatic hydroxyl groups excluding tert-OH is 1. The SMILES string of the molecule is CC[C@H](C)[C@@H]1NC(=O)[C@@H]2CCCN2C(=O)[C@@H](CC(C)C)NC(=O)[C@@H]2CCCN2C(=O)[C@H](CO)NC(=O)[C@@H](Cc2ccc(O)cc2)NC(=O)[C@@H](Cc2ccccc2)NC(=O)[C@@H]2CCCN2C(=O)[C@@H]2CCCN2C1=O. The lowest BCUT2D eigenvalue weighted by molar-refractivity contribution is -0.149. The minimum atomic E-state index is -1.56. The first-order valence-electron chi connectivity index (χ1n) is 26.2. The number of aliphatic hydroxyl groups is 1. The molecule has 0 saturated carbocycles. The number of nitrogens with zero attached hydrogens (tertiary/aromatic N) is 4. The Balaban J connectivity index is 1.25. The number of rotatable bonds is 9. The molecular weight excluding hydrogens is 939 g/mol. The van der Waals surface area contributed by atoms with Crippen molar-refractivity contribution in [2.75, 3.05) is 32.8 Å². The van der Waals surface area contributed by atoms with Gasteiger partial charge in [-0.15, -0.1) is 0 Å². The molecule has 2 aromatic rings. The van der Waals surface area contributed by atoms with Gasteiger partial charge in [0.05, 0.1) is 6.61 Å². The summed E-state index contributed by atoms with van der Waals surface area (Å²) in [5.74, 6) is -5.98. The van der Waals surface area contributed by atoms with Crippen LogP contribution in [0.2, 0.25) is 0 Å². The highest BCUT2D eigenvalue weighted by atomic mass is 16.3. The fourth-order valence-electron chi connectivity index (χ4n) is 11.0. The van der Waals surface area contributed by atoms with Crippen LogP contribution >= 0.6 is 0 Å². The molecule has 0 radical (unpaired) electrons. The number of aromatic hydroxyl groups is 1. The Bertz CT molecular complexity index is 2350. The second-order valence-electron chi connectivity index (χ2n) is 20.7. The first kappa shape index (κ1) is 54.2. The monoisotopic (exact) mass is 1010 g/mol. The van der Waals surface area contributed by atoms with E-state index in [1.54, 1.807) is 42.5 Å². The summed E-state index contributed by atoms with van der Waals surface area (Å²) in [5, 5.41) is 34.8. The number of amides is 9. The molecule has 5 saturated heterocycles. The van der Waals surface area contributed by atoms with E-state index in [4.69, 9.17) is 0 Å². The average molecular weight is 1010 g/mol. The highest BCUT2D eigenvalue weighted by molar-refractivity contribution is 6.00. The normalized spacial score (nSPS) is 28.9. The highest BCUT2D eigenvalue weighted by Crippen LogP contribution is 2.29. The van der Waals surface area contributed by atoms with Crippen LogP contribution in [0.5, 0.6) is 5.75 Å². The molecular formula is C53H73N9O11. The van der Waals surface area contributed by atoms with Crippen molar-refractivity contribution in [3.63, 3.8) is 0 Å². The molecule has 5 heterocycles. The van der Waals surface area contributed by atoms with Crippen molar-refractivity contribution in [3.05, 3.63) is 65.7 Å². The average Bonchev–Trinajstić information content (AvgIpc) is 4.24. The van der Waals surface area contributed by atoms with Crippen molar-refractivity contribution >= 4 is 53.2 Å². The summed E-state index contributed by atoms with van der Waals surface area (Å²) in [5.41, 5.74) is 1.19. The summed E-state index contributed by atoms with van der Waals surface area (Å²) in [6.07, 6.45) is 3.58. The van der Waals surface area contributed by atoms with E-state index in [0.29, 0.717) is 56.1 Å². The Kier molecular flexibility index (Phi) is 18.1. The van der Waals surface area contributed by atoms with Crippen LogP contribution in [0, 0.1) is 11.8 Å². The van der Waals surface area contributed by atoms with Crippen LogP contribution in [-0.2, 0) is 56.0 Å². The van der Waals surface area contributed by atoms with Gasteiger partial charge in [0.15, 0.2) is 0 Å². The highest BCUT2D eigenvalue weighted by Gasteiger charge is 2.47. The molecule has 20 heteroatoms. The molecule has 5 aliphatic rings. The van der Waals surface area contributed by atoms with Gasteiger partial charge in [-0.1, -0.05) is 76.6 Å². The molecule has 0 bridgehead atoms. The summed E-state index contributed by atoms with van der Waals surface area (Å²) in [4.78, 5) is 136. The van der Waals surface area contributed by atoms with Crippen molar-refractivity contribution in [1.82, 2.24) is 46.2 Å². The third-order valence-corrected chi connectivity index (χ3v) is 15.2. The van der Waals surface area contributed by atoms with Crippen LogP contribution in [0.3, 0.4) is 0 Å². The molecule has 396 valence electrons. The van der Waals surface area contributed by atoms with Gasteiger partial charge in [-0.3, -0.25) is 43.2 Å². The Morgan fingerprint density at radius 2 is 0.904 bits per heavy atom. The molecule has 7 N–H and O–H groups in total. The lowest BCUT2D eigenvalue weighted by Gasteiger charge is -2.35. The Morgan fingerprint density at radius 3 is 1.40 bits per heavy atom. The number of hydrogen-bond donors (Lipinski definition) is 7. The van der Waals surface area contributed by atoms with Gasteiger partial charge >= 0.3 is 0 Å². The lowest BCUT2D eigenvalue weighted by atomic mass is 9.96. The van der Waals surface area contributed by atoms with E-state index < -0.39 is 114 Å². The van der Waals surface area contributed by atoms with E-state index in [2.05, 4.69) is 26.6 Å². The zero-order chi connectivity index (χ0) is 52.5. The first-order valence-corrected chi connectivity index (χ1v) is 26.2. The van der Waals surface area contributed by atoms with Crippen LogP contribution in [0.1, 0.15) is 103 Å². The van der Waals surface area contributed by atoms with Gasteiger partial charge in [-0.25, -0.2) is 0 Å². The van der Waals surface area contributed by atoms with E-state index in [-0.39, 0.29) is 75.9 Å². The minimum Gasteiger partial charge on any atom is -0.508 e. The van der Waals surface area contributed by atoms with E-state index in [0.717, 1.165) is 0 Å². The predicted octanol–water partition coefficient (Wildman–Crippen LogP) is 0.664. The molecule has 10 atom stereocenters. The van der Waals surface area contributed by atoms with Gasteiger partial charge in [-0.2, -0.15) is 0 Å². The number of benzene rings is 2. The predicted molar refractivity (Wildman–Crippen MR) is 267 cm³/mol. The van der Waals surface area contributed by atoms with Crippen molar-refractivity contribution in [2.45, 2.75) is 159 Å². The van der Waals surface area contributed by atoms with E-state index >= 15 is 0 Å². The maximum absolute atomic E-state index is 14.7. The summed E-state index contributed by atoms with van der Waals surface area (Å²) in [6.45, 7) is 7.44. The topological polar surface area (TPSA) is 267 Å². The third-order valence-electron chi connectivity index (χ3n) is 15.2. The molecule has 0 aromatic heterocycles. The van der Waals surface area contributed by atoms with Gasteiger partial charge in [-0.05, 0) is 92.9 Å². The van der Waals surface area contributed by atoms with E-state index in [9.17, 15) is 53.4 Å². The van der Waals surface area contributed by atoms with E-state index in [1.807, 2.05) is 27.7 Å². The van der Waals surface area contributed by atoms with Crippen LogP contribution in [-0.4, -0.2) is 170 Å². The van der Waals surface area contributed by atoms with Crippen molar-refractivity contribution in [1.29, 1.82) is 0 Å². The maximum atomic E-state index is 14.7. The maximum Gasteiger partial charge on any atom is 0.248 e. The summed E-state index contributed by atoms with van der Waals surface area (Å²) in [7, 11) is 0.